The van der Waals surface area contributed by atoms with Crippen LogP contribution in [0.25, 0.3) is 0 Å². The minimum absolute atomic E-state index is 0.126. The molecular weight excluding hydrogens is 352 g/mol. The van der Waals surface area contributed by atoms with Crippen molar-refractivity contribution in [3.63, 3.8) is 0 Å². The van der Waals surface area contributed by atoms with E-state index >= 15 is 0 Å². The first kappa shape index (κ1) is 21.2. The van der Waals surface area contributed by atoms with E-state index in [4.69, 9.17) is 0 Å². The molecule has 2 saturated carbocycles. The van der Waals surface area contributed by atoms with E-state index in [1.54, 1.807) is 5.57 Å². The number of allylic oxidation sites excluding steroid dienone is 6. The topological polar surface area (TPSA) is 20.2 Å². The van der Waals surface area contributed by atoms with E-state index in [2.05, 4.69) is 71.9 Å². The van der Waals surface area contributed by atoms with Gasteiger partial charge in [-0.2, -0.15) is 0 Å². The van der Waals surface area contributed by atoms with Crippen LogP contribution in [0, 0.1) is 46.3 Å². The van der Waals surface area contributed by atoms with Gasteiger partial charge in [0.15, 0.2) is 0 Å². The van der Waals surface area contributed by atoms with E-state index in [1.165, 1.54) is 31.3 Å². The second kappa shape index (κ2) is 7.56. The molecule has 1 N–H and O–H groups in total. The third kappa shape index (κ3) is 3.42. The van der Waals surface area contributed by atoms with Crippen molar-refractivity contribution in [1.82, 2.24) is 0 Å². The second-order valence-electron chi connectivity index (χ2n) is 11.5. The number of rotatable bonds is 4. The zero-order chi connectivity index (χ0) is 21.0. The van der Waals surface area contributed by atoms with Crippen LogP contribution in [0.3, 0.4) is 0 Å². The summed E-state index contributed by atoms with van der Waals surface area (Å²) in [4.78, 5) is 0. The van der Waals surface area contributed by atoms with Gasteiger partial charge in [-0.05, 0) is 73.0 Å². The van der Waals surface area contributed by atoms with Crippen molar-refractivity contribution in [2.45, 2.75) is 79.8 Å². The van der Waals surface area contributed by atoms with Crippen molar-refractivity contribution in [2.24, 2.45) is 46.3 Å². The highest BCUT2D eigenvalue weighted by Gasteiger charge is 2.56. The van der Waals surface area contributed by atoms with Crippen LogP contribution in [0.15, 0.2) is 47.6 Å². The second-order valence-corrected chi connectivity index (χ2v) is 11.5. The molecule has 4 aliphatic carbocycles. The summed E-state index contributed by atoms with van der Waals surface area (Å²) in [6, 6.07) is 0. The Morgan fingerprint density at radius 2 is 1.76 bits per heavy atom. The lowest BCUT2D eigenvalue weighted by Gasteiger charge is -2.53. The van der Waals surface area contributed by atoms with Gasteiger partial charge >= 0.3 is 0 Å². The Kier molecular flexibility index (Phi) is 5.52. The number of hydrogen-bond donors (Lipinski definition) is 1. The largest absolute Gasteiger partial charge is 0.389 e. The Balaban J connectivity index is 1.58. The van der Waals surface area contributed by atoms with Crippen LogP contribution in [-0.2, 0) is 0 Å². The summed E-state index contributed by atoms with van der Waals surface area (Å²) in [5.41, 5.74) is 3.73. The summed E-state index contributed by atoms with van der Waals surface area (Å²) < 4.78 is 0. The van der Waals surface area contributed by atoms with E-state index in [0.717, 1.165) is 24.2 Å². The summed E-state index contributed by atoms with van der Waals surface area (Å²) in [6.07, 6.45) is 20.1. The molecular formula is C28H42O. The highest BCUT2D eigenvalue weighted by atomic mass is 16.3. The van der Waals surface area contributed by atoms with Gasteiger partial charge in [0, 0.05) is 5.41 Å². The molecule has 0 aromatic heterocycles. The molecule has 0 radical (unpaired) electrons. The summed E-state index contributed by atoms with van der Waals surface area (Å²) in [5, 5.41) is 10.1. The highest BCUT2D eigenvalue weighted by molar-refractivity contribution is 5.42. The van der Waals surface area contributed by atoms with Crippen LogP contribution in [0.5, 0.6) is 0 Å². The Hall–Kier alpha value is -1.08. The van der Waals surface area contributed by atoms with Crippen LogP contribution < -0.4 is 0 Å². The predicted molar refractivity (Wildman–Crippen MR) is 123 cm³/mol. The van der Waals surface area contributed by atoms with Gasteiger partial charge in [0.1, 0.15) is 0 Å². The van der Waals surface area contributed by atoms with Crippen LogP contribution in [0.1, 0.15) is 73.6 Å². The molecule has 4 rings (SSSR count). The molecule has 1 nitrogen and oxygen atoms in total. The third-order valence-corrected chi connectivity index (χ3v) is 9.58. The molecule has 0 amide bonds. The number of aliphatic hydroxyl groups excluding tert-OH is 1. The lowest BCUT2D eigenvalue weighted by molar-refractivity contribution is 0.0713. The molecule has 0 aromatic carbocycles. The van der Waals surface area contributed by atoms with Crippen LogP contribution in [0.2, 0.25) is 0 Å². The number of hydrogen-bond acceptors (Lipinski definition) is 1. The SMILES string of the molecule is CC(C)[C@@H](C)C=C[C@@H](C)[C@H]1CC[C@H]2C3=CC=C4C[C@@H](O)C=C[C@]4(C)[C@H]3CC[C@]12C. The fourth-order valence-corrected chi connectivity index (χ4v) is 7.20. The molecule has 1 heteroatoms. The fourth-order valence-electron chi connectivity index (χ4n) is 7.20. The molecule has 0 bridgehead atoms. The molecule has 0 aromatic rings. The molecule has 0 unspecified atom stereocenters. The quantitative estimate of drug-likeness (QED) is 0.504. The molecule has 0 aliphatic heterocycles. The molecule has 0 heterocycles. The summed E-state index contributed by atoms with van der Waals surface area (Å²) in [6.45, 7) is 14.5. The molecule has 8 atom stereocenters. The molecule has 0 saturated heterocycles. The van der Waals surface area contributed by atoms with Gasteiger partial charge in [-0.3, -0.25) is 0 Å². The van der Waals surface area contributed by atoms with E-state index in [-0.39, 0.29) is 11.5 Å². The first-order valence-corrected chi connectivity index (χ1v) is 12.1. The van der Waals surface area contributed by atoms with E-state index in [9.17, 15) is 5.11 Å². The lowest BCUT2D eigenvalue weighted by atomic mass is 9.51. The van der Waals surface area contributed by atoms with Gasteiger partial charge in [-0.15, -0.1) is 0 Å². The van der Waals surface area contributed by atoms with Gasteiger partial charge in [-0.1, -0.05) is 89.1 Å². The maximum Gasteiger partial charge on any atom is 0.0758 e. The number of aliphatic hydroxyl groups is 1. The molecule has 0 spiro atoms. The van der Waals surface area contributed by atoms with Gasteiger partial charge in [0.25, 0.3) is 0 Å². The average molecular weight is 395 g/mol. The van der Waals surface area contributed by atoms with Crippen molar-refractivity contribution < 1.29 is 5.11 Å². The maximum absolute atomic E-state index is 10.1. The zero-order valence-corrected chi connectivity index (χ0v) is 19.5. The van der Waals surface area contributed by atoms with Gasteiger partial charge in [0.05, 0.1) is 6.10 Å². The van der Waals surface area contributed by atoms with Crippen molar-refractivity contribution >= 4 is 0 Å². The maximum atomic E-state index is 10.1. The van der Waals surface area contributed by atoms with Gasteiger partial charge in [-0.25, -0.2) is 0 Å². The zero-order valence-electron chi connectivity index (χ0n) is 19.5. The van der Waals surface area contributed by atoms with Gasteiger partial charge in [0.2, 0.25) is 0 Å². The monoisotopic (exact) mass is 394 g/mol. The van der Waals surface area contributed by atoms with E-state index < -0.39 is 0 Å². The molecule has 160 valence electrons. The fraction of sp³-hybridized carbons (Fsp3) is 0.714. The summed E-state index contributed by atoms with van der Waals surface area (Å²) >= 11 is 0. The predicted octanol–water partition coefficient (Wildman–Crippen LogP) is 7.11. The van der Waals surface area contributed by atoms with E-state index in [0.29, 0.717) is 23.2 Å². The van der Waals surface area contributed by atoms with Crippen LogP contribution in [0.4, 0.5) is 0 Å². The minimum Gasteiger partial charge on any atom is -0.389 e. The first-order chi connectivity index (χ1) is 13.7. The minimum atomic E-state index is -0.296. The Morgan fingerprint density at radius 1 is 1.00 bits per heavy atom. The lowest BCUT2D eigenvalue weighted by Crippen LogP contribution is -2.45. The molecule has 2 fully saturated rings. The highest BCUT2D eigenvalue weighted by Crippen LogP contribution is 2.65. The standard InChI is InChI=1S/C28H42O/c1-18(2)19(3)7-8-20(4)24-11-12-25-23-10-9-21-17-22(29)13-15-27(21,5)26(23)14-16-28(24,25)6/h7-10,13,15,18-20,22,24-26,29H,11-12,14,16-17H2,1-6H3/t19-,20+,22-,24+,25-,26-,27-,28+/m0/s1. The van der Waals surface area contributed by atoms with Crippen molar-refractivity contribution in [3.05, 3.63) is 47.6 Å². The number of fused-ring (bicyclic) bond motifs is 5. The molecule has 4 aliphatic rings. The normalized spacial score (nSPS) is 43.4. The average Bonchev–Trinajstić information content (AvgIpc) is 3.03. The molecule has 29 heavy (non-hydrogen) atoms. The van der Waals surface area contributed by atoms with E-state index in [1.807, 2.05) is 6.08 Å². The van der Waals surface area contributed by atoms with Crippen LogP contribution in [-0.4, -0.2) is 11.2 Å². The smallest absolute Gasteiger partial charge is 0.0758 e. The summed E-state index contributed by atoms with van der Waals surface area (Å²) in [7, 11) is 0. The van der Waals surface area contributed by atoms with Crippen molar-refractivity contribution in [1.29, 1.82) is 0 Å². The Bertz CT molecular complexity index is 752. The Morgan fingerprint density at radius 3 is 2.48 bits per heavy atom. The van der Waals surface area contributed by atoms with Crippen LogP contribution >= 0.6 is 0 Å². The van der Waals surface area contributed by atoms with Crippen molar-refractivity contribution in [3.8, 4) is 0 Å². The van der Waals surface area contributed by atoms with Crippen molar-refractivity contribution in [2.75, 3.05) is 0 Å². The first-order valence-electron chi connectivity index (χ1n) is 12.1. The van der Waals surface area contributed by atoms with Gasteiger partial charge < -0.3 is 5.11 Å². The Labute approximate surface area is 179 Å². The third-order valence-electron chi connectivity index (χ3n) is 9.58. The summed E-state index contributed by atoms with van der Waals surface area (Å²) in [5.74, 6) is 4.22.